The lowest BCUT2D eigenvalue weighted by molar-refractivity contribution is 0.594. The maximum Gasteiger partial charge on any atom is 0.273 e. The van der Waals surface area contributed by atoms with Crippen molar-refractivity contribution in [1.29, 1.82) is 0 Å². The Hall–Kier alpha value is -1.53. The number of hydrogen-bond donors (Lipinski definition) is 1. The second-order valence-electron chi connectivity index (χ2n) is 4.79. The van der Waals surface area contributed by atoms with E-state index in [1.165, 1.54) is 15.6 Å². The fraction of sp³-hybridized carbons (Fsp3) is 0.286. The van der Waals surface area contributed by atoms with Gasteiger partial charge in [0.05, 0.1) is 5.69 Å². The van der Waals surface area contributed by atoms with Crippen molar-refractivity contribution in [2.75, 3.05) is 16.6 Å². The molecule has 1 aliphatic rings. The van der Waals surface area contributed by atoms with Crippen molar-refractivity contribution in [1.82, 2.24) is 0 Å². The van der Waals surface area contributed by atoms with Crippen molar-refractivity contribution >= 4 is 32.7 Å². The van der Waals surface area contributed by atoms with Gasteiger partial charge in [-0.1, -0.05) is 13.0 Å². The highest BCUT2D eigenvalue weighted by atomic mass is 32.2. The zero-order valence-electron chi connectivity index (χ0n) is 11.2. The Morgan fingerprint density at radius 1 is 1.30 bits per heavy atom. The number of aryl methyl sites for hydroxylation is 1. The Morgan fingerprint density at radius 2 is 2.10 bits per heavy atom. The molecule has 1 aliphatic heterocycles. The smallest absolute Gasteiger partial charge is 0.273 e. The van der Waals surface area contributed by atoms with E-state index in [4.69, 9.17) is 5.73 Å². The van der Waals surface area contributed by atoms with Crippen LogP contribution in [-0.2, 0) is 22.9 Å². The lowest BCUT2D eigenvalue weighted by Crippen LogP contribution is -2.28. The summed E-state index contributed by atoms with van der Waals surface area (Å²) in [5.74, 6) is 0. The highest BCUT2D eigenvalue weighted by Gasteiger charge is 2.31. The molecule has 2 N–H and O–H groups in total. The van der Waals surface area contributed by atoms with Crippen LogP contribution >= 0.6 is 11.3 Å². The molecule has 0 aliphatic carbocycles. The number of thiophene rings is 1. The van der Waals surface area contributed by atoms with E-state index in [0.29, 0.717) is 16.4 Å². The van der Waals surface area contributed by atoms with E-state index in [0.717, 1.165) is 29.0 Å². The molecule has 0 radical (unpaired) electrons. The summed E-state index contributed by atoms with van der Waals surface area (Å²) in [6, 6.07) is 9.05. The van der Waals surface area contributed by atoms with Gasteiger partial charge < -0.3 is 5.73 Å². The number of nitrogens with two attached hydrogens (primary N) is 1. The second kappa shape index (κ2) is 4.79. The molecule has 0 fully saturated rings. The van der Waals surface area contributed by atoms with Gasteiger partial charge in [0.1, 0.15) is 4.21 Å². The van der Waals surface area contributed by atoms with Crippen LogP contribution in [0.4, 0.5) is 11.4 Å². The third kappa shape index (κ3) is 2.09. The first-order valence-electron chi connectivity index (χ1n) is 6.52. The first-order valence-corrected chi connectivity index (χ1v) is 8.78. The van der Waals surface area contributed by atoms with Crippen LogP contribution in [0, 0.1) is 0 Å². The molecule has 0 bridgehead atoms. The maximum atomic E-state index is 12.7. The predicted octanol–water partition coefficient (Wildman–Crippen LogP) is 2.64. The molecule has 0 saturated heterocycles. The lowest BCUT2D eigenvalue weighted by atomic mass is 10.1. The summed E-state index contributed by atoms with van der Waals surface area (Å²) in [6.07, 6.45) is 1.59. The largest absolute Gasteiger partial charge is 0.399 e. The molecule has 0 unspecified atom stereocenters. The monoisotopic (exact) mass is 308 g/mol. The molecule has 0 amide bonds. The Labute approximate surface area is 122 Å². The Balaban J connectivity index is 2.04. The Kier molecular flexibility index (Phi) is 3.22. The summed E-state index contributed by atoms with van der Waals surface area (Å²) in [5.41, 5.74) is 8.13. The molecule has 3 rings (SSSR count). The van der Waals surface area contributed by atoms with Crippen molar-refractivity contribution in [3.05, 3.63) is 40.8 Å². The summed E-state index contributed by atoms with van der Waals surface area (Å²) in [7, 11) is -3.46. The van der Waals surface area contributed by atoms with Crippen LogP contribution < -0.4 is 10.0 Å². The van der Waals surface area contributed by atoms with Gasteiger partial charge in [0, 0.05) is 17.1 Å². The van der Waals surface area contributed by atoms with Crippen molar-refractivity contribution in [2.45, 2.75) is 24.0 Å². The first kappa shape index (κ1) is 13.5. The molecule has 0 atom stereocenters. The zero-order valence-corrected chi connectivity index (χ0v) is 12.8. The Bertz CT molecular complexity index is 750. The quantitative estimate of drug-likeness (QED) is 0.887. The molecule has 4 nitrogen and oxygen atoms in total. The van der Waals surface area contributed by atoms with Crippen molar-refractivity contribution < 1.29 is 8.42 Å². The number of nitrogens with zero attached hydrogens (tertiary/aromatic N) is 1. The number of hydrogen-bond acceptors (Lipinski definition) is 4. The van der Waals surface area contributed by atoms with Crippen molar-refractivity contribution in [3.63, 3.8) is 0 Å². The summed E-state index contributed by atoms with van der Waals surface area (Å²) >= 11 is 1.34. The number of fused-ring (bicyclic) bond motifs is 1. The van der Waals surface area contributed by atoms with Gasteiger partial charge in [-0.3, -0.25) is 4.31 Å². The van der Waals surface area contributed by atoms with E-state index in [1.54, 1.807) is 12.1 Å². The standard InChI is InChI=1S/C14H16N2O2S2/c1-2-12-5-6-14(19-12)20(17,18)16-8-7-10-3-4-11(15)9-13(10)16/h3-6,9H,2,7-8,15H2,1H3. The predicted molar refractivity (Wildman–Crippen MR) is 82.8 cm³/mol. The molecule has 6 heteroatoms. The van der Waals surface area contributed by atoms with Crippen LogP contribution in [0.15, 0.2) is 34.5 Å². The van der Waals surface area contributed by atoms with E-state index in [1.807, 2.05) is 25.1 Å². The highest BCUT2D eigenvalue weighted by molar-refractivity contribution is 7.94. The van der Waals surface area contributed by atoms with E-state index in [2.05, 4.69) is 0 Å². The molecular formula is C14H16N2O2S2. The minimum atomic E-state index is -3.46. The van der Waals surface area contributed by atoms with Gasteiger partial charge in [0.2, 0.25) is 0 Å². The average molecular weight is 308 g/mol. The van der Waals surface area contributed by atoms with Gasteiger partial charge in [-0.15, -0.1) is 11.3 Å². The summed E-state index contributed by atoms with van der Waals surface area (Å²) in [6.45, 7) is 2.51. The fourth-order valence-electron chi connectivity index (χ4n) is 2.41. The molecule has 0 spiro atoms. The maximum absolute atomic E-state index is 12.7. The number of anilines is 2. The van der Waals surface area contributed by atoms with E-state index in [9.17, 15) is 8.42 Å². The average Bonchev–Trinajstić information content (AvgIpc) is 3.05. The minimum absolute atomic E-state index is 0.407. The number of rotatable bonds is 3. The zero-order chi connectivity index (χ0) is 14.3. The summed E-state index contributed by atoms with van der Waals surface area (Å²) < 4.78 is 27.3. The SMILES string of the molecule is CCc1ccc(S(=O)(=O)N2CCc3ccc(N)cc32)s1. The Morgan fingerprint density at radius 3 is 2.80 bits per heavy atom. The second-order valence-corrected chi connectivity index (χ2v) is 8.05. The van der Waals surface area contributed by atoms with Gasteiger partial charge in [-0.25, -0.2) is 8.42 Å². The molecule has 20 heavy (non-hydrogen) atoms. The van der Waals surface area contributed by atoms with Gasteiger partial charge >= 0.3 is 0 Å². The van der Waals surface area contributed by atoms with Crippen LogP contribution in [-0.4, -0.2) is 15.0 Å². The van der Waals surface area contributed by atoms with Gasteiger partial charge in [-0.2, -0.15) is 0 Å². The number of nitrogen functional groups attached to an aromatic ring is 1. The molecular weight excluding hydrogens is 292 g/mol. The minimum Gasteiger partial charge on any atom is -0.399 e. The van der Waals surface area contributed by atoms with Crippen molar-refractivity contribution in [2.24, 2.45) is 0 Å². The molecule has 1 aromatic carbocycles. The molecule has 1 aromatic heterocycles. The van der Waals surface area contributed by atoms with Crippen LogP contribution in [0.25, 0.3) is 0 Å². The van der Waals surface area contributed by atoms with Gasteiger partial charge in [-0.05, 0) is 42.7 Å². The van der Waals surface area contributed by atoms with E-state index < -0.39 is 10.0 Å². The third-order valence-electron chi connectivity index (χ3n) is 3.49. The normalized spacial score (nSPS) is 14.6. The molecule has 2 heterocycles. The number of benzene rings is 1. The van der Waals surface area contributed by atoms with Crippen LogP contribution in [0.2, 0.25) is 0 Å². The third-order valence-corrected chi connectivity index (χ3v) is 7.00. The number of sulfonamides is 1. The molecule has 0 saturated carbocycles. The van der Waals surface area contributed by atoms with Crippen LogP contribution in [0.1, 0.15) is 17.4 Å². The van der Waals surface area contributed by atoms with E-state index >= 15 is 0 Å². The van der Waals surface area contributed by atoms with Crippen molar-refractivity contribution in [3.8, 4) is 0 Å². The van der Waals surface area contributed by atoms with Gasteiger partial charge in [0.15, 0.2) is 0 Å². The topological polar surface area (TPSA) is 63.4 Å². The van der Waals surface area contributed by atoms with Gasteiger partial charge in [0.25, 0.3) is 10.0 Å². The molecule has 2 aromatic rings. The van der Waals surface area contributed by atoms with E-state index in [-0.39, 0.29) is 0 Å². The molecule has 106 valence electrons. The first-order chi connectivity index (χ1) is 9.52. The van der Waals surface area contributed by atoms with Crippen LogP contribution in [0.3, 0.4) is 0 Å². The summed E-state index contributed by atoms with van der Waals surface area (Å²) in [4.78, 5) is 1.08. The highest BCUT2D eigenvalue weighted by Crippen LogP contribution is 2.36. The van der Waals surface area contributed by atoms with Crippen LogP contribution in [0.5, 0.6) is 0 Å². The fourth-order valence-corrected chi connectivity index (χ4v) is 5.32. The lowest BCUT2D eigenvalue weighted by Gasteiger charge is -2.18. The summed E-state index contributed by atoms with van der Waals surface area (Å²) in [5, 5.41) is 0.